The Kier molecular flexibility index (Phi) is 2.03. The molecule has 2 fully saturated rings. The molecule has 2 rings (SSSR count). The largest absolute Gasteiger partial charge is 0.299 e. The summed E-state index contributed by atoms with van der Waals surface area (Å²) in [6, 6.07) is 0. The van der Waals surface area contributed by atoms with Gasteiger partial charge < -0.3 is 0 Å². The Hall–Kier alpha value is -0.590. The van der Waals surface area contributed by atoms with Gasteiger partial charge >= 0.3 is 0 Å². The average molecular weight is 164 g/mol. The van der Waals surface area contributed by atoms with Crippen molar-refractivity contribution in [2.24, 2.45) is 17.8 Å². The fraction of sp³-hybridized carbons (Fsp3) is 0.727. The van der Waals surface area contributed by atoms with Crippen LogP contribution in [0.25, 0.3) is 0 Å². The number of rotatable bonds is 4. The first-order valence-electron chi connectivity index (χ1n) is 4.95. The van der Waals surface area contributed by atoms with E-state index in [2.05, 4.69) is 6.58 Å². The maximum Gasteiger partial charge on any atom is 0.136 e. The van der Waals surface area contributed by atoms with E-state index in [1.54, 1.807) is 0 Å². The van der Waals surface area contributed by atoms with Crippen molar-refractivity contribution < 1.29 is 4.79 Å². The highest BCUT2D eigenvalue weighted by atomic mass is 16.1. The van der Waals surface area contributed by atoms with Gasteiger partial charge in [0.1, 0.15) is 5.78 Å². The first-order chi connectivity index (χ1) is 5.81. The number of carbonyl (C=O) groups is 1. The van der Waals surface area contributed by atoms with Crippen molar-refractivity contribution in [1.82, 2.24) is 0 Å². The van der Waals surface area contributed by atoms with Gasteiger partial charge in [0.2, 0.25) is 0 Å². The average Bonchev–Trinajstić information content (AvgIpc) is 2.69. The quantitative estimate of drug-likeness (QED) is 0.584. The standard InChI is InChI=1S/C11H16O/c1-2-3-4-11(12)10-6-8-5-9(8)7-10/h2,8-10H,1,3-7H2. The summed E-state index contributed by atoms with van der Waals surface area (Å²) >= 11 is 0. The first kappa shape index (κ1) is 8.03. The van der Waals surface area contributed by atoms with Crippen molar-refractivity contribution in [2.75, 3.05) is 0 Å². The molecule has 0 aliphatic heterocycles. The van der Waals surface area contributed by atoms with E-state index < -0.39 is 0 Å². The molecule has 2 aliphatic rings. The lowest BCUT2D eigenvalue weighted by atomic mass is 9.95. The van der Waals surface area contributed by atoms with Gasteiger partial charge in [0.15, 0.2) is 0 Å². The van der Waals surface area contributed by atoms with E-state index in [1.165, 1.54) is 19.3 Å². The maximum atomic E-state index is 11.5. The maximum absolute atomic E-state index is 11.5. The molecule has 1 nitrogen and oxygen atoms in total. The van der Waals surface area contributed by atoms with Crippen LogP contribution in [0.1, 0.15) is 32.1 Å². The van der Waals surface area contributed by atoms with Gasteiger partial charge in [-0.05, 0) is 37.5 Å². The number of ketones is 1. The van der Waals surface area contributed by atoms with Gasteiger partial charge in [-0.25, -0.2) is 0 Å². The molecule has 0 spiro atoms. The molecule has 0 bridgehead atoms. The lowest BCUT2D eigenvalue weighted by Gasteiger charge is -2.08. The van der Waals surface area contributed by atoms with E-state index in [9.17, 15) is 4.79 Å². The van der Waals surface area contributed by atoms with Crippen LogP contribution in [0.5, 0.6) is 0 Å². The fourth-order valence-corrected chi connectivity index (χ4v) is 2.43. The molecule has 0 saturated heterocycles. The van der Waals surface area contributed by atoms with Crippen LogP contribution in [0.2, 0.25) is 0 Å². The van der Waals surface area contributed by atoms with E-state index in [0.29, 0.717) is 11.7 Å². The molecule has 2 aliphatic carbocycles. The molecule has 0 N–H and O–H groups in total. The van der Waals surface area contributed by atoms with Gasteiger partial charge in [-0.15, -0.1) is 6.58 Å². The molecule has 0 amide bonds. The molecule has 0 heterocycles. The van der Waals surface area contributed by atoms with Crippen LogP contribution in [0.4, 0.5) is 0 Å². The zero-order valence-electron chi connectivity index (χ0n) is 7.46. The number of hydrogen-bond donors (Lipinski definition) is 0. The number of carbonyl (C=O) groups excluding carboxylic acids is 1. The van der Waals surface area contributed by atoms with Crippen LogP contribution in [0, 0.1) is 17.8 Å². The molecule has 0 aromatic carbocycles. The van der Waals surface area contributed by atoms with Crippen LogP contribution in [0.3, 0.4) is 0 Å². The Balaban J connectivity index is 1.77. The van der Waals surface area contributed by atoms with E-state index >= 15 is 0 Å². The van der Waals surface area contributed by atoms with Crippen LogP contribution >= 0.6 is 0 Å². The minimum atomic E-state index is 0.425. The van der Waals surface area contributed by atoms with E-state index in [4.69, 9.17) is 0 Å². The molecule has 66 valence electrons. The summed E-state index contributed by atoms with van der Waals surface area (Å²) < 4.78 is 0. The molecule has 2 unspecified atom stereocenters. The first-order valence-corrected chi connectivity index (χ1v) is 4.95. The summed E-state index contributed by atoms with van der Waals surface area (Å²) in [6.45, 7) is 3.63. The molecule has 1 heteroatoms. The van der Waals surface area contributed by atoms with Crippen LogP contribution in [0.15, 0.2) is 12.7 Å². The van der Waals surface area contributed by atoms with E-state index in [1.807, 2.05) is 6.08 Å². The summed E-state index contributed by atoms with van der Waals surface area (Å²) in [5, 5.41) is 0. The summed E-state index contributed by atoms with van der Waals surface area (Å²) in [5.41, 5.74) is 0. The SMILES string of the molecule is C=CCCC(=O)C1CC2CC2C1. The second-order valence-electron chi connectivity index (χ2n) is 4.22. The zero-order valence-corrected chi connectivity index (χ0v) is 7.46. The lowest BCUT2D eigenvalue weighted by molar-refractivity contribution is -0.122. The molecule has 0 aromatic rings. The molecule has 2 atom stereocenters. The molecule has 12 heavy (non-hydrogen) atoms. The number of fused-ring (bicyclic) bond motifs is 1. The van der Waals surface area contributed by atoms with Crippen molar-refractivity contribution >= 4 is 5.78 Å². The van der Waals surface area contributed by atoms with Crippen molar-refractivity contribution in [3.63, 3.8) is 0 Å². The third kappa shape index (κ3) is 1.45. The Morgan fingerprint density at radius 1 is 1.33 bits per heavy atom. The van der Waals surface area contributed by atoms with Gasteiger partial charge in [-0.1, -0.05) is 6.08 Å². The highest BCUT2D eigenvalue weighted by Gasteiger charge is 2.47. The second kappa shape index (κ2) is 3.04. The van der Waals surface area contributed by atoms with E-state index in [0.717, 1.165) is 24.7 Å². The minimum Gasteiger partial charge on any atom is -0.299 e. The third-order valence-corrected chi connectivity index (χ3v) is 3.29. The second-order valence-corrected chi connectivity index (χ2v) is 4.22. The Morgan fingerprint density at radius 3 is 2.58 bits per heavy atom. The van der Waals surface area contributed by atoms with Gasteiger partial charge in [-0.2, -0.15) is 0 Å². The number of hydrogen-bond acceptors (Lipinski definition) is 1. The van der Waals surface area contributed by atoms with Crippen LogP contribution in [-0.4, -0.2) is 5.78 Å². The molecule has 2 saturated carbocycles. The summed E-state index contributed by atoms with van der Waals surface area (Å²) in [5.74, 6) is 2.78. The molecular weight excluding hydrogens is 148 g/mol. The number of Topliss-reactive ketones (excluding diaryl/α,β-unsaturated/α-hetero) is 1. The molecule has 0 aromatic heterocycles. The van der Waals surface area contributed by atoms with Crippen molar-refractivity contribution in [3.8, 4) is 0 Å². The lowest BCUT2D eigenvalue weighted by Crippen LogP contribution is -2.11. The Bertz CT molecular complexity index is 197. The molecule has 0 radical (unpaired) electrons. The normalized spacial score (nSPS) is 37.5. The summed E-state index contributed by atoms with van der Waals surface area (Å²) in [7, 11) is 0. The van der Waals surface area contributed by atoms with Crippen LogP contribution < -0.4 is 0 Å². The topological polar surface area (TPSA) is 17.1 Å². The molecular formula is C11H16O. The Morgan fingerprint density at radius 2 is 2.00 bits per heavy atom. The summed E-state index contributed by atoms with van der Waals surface area (Å²) in [4.78, 5) is 11.5. The minimum absolute atomic E-state index is 0.425. The van der Waals surface area contributed by atoms with Crippen molar-refractivity contribution in [1.29, 1.82) is 0 Å². The zero-order chi connectivity index (χ0) is 8.55. The highest BCUT2D eigenvalue weighted by Crippen LogP contribution is 2.54. The van der Waals surface area contributed by atoms with Crippen molar-refractivity contribution in [2.45, 2.75) is 32.1 Å². The number of allylic oxidation sites excluding steroid dienone is 1. The van der Waals surface area contributed by atoms with Gasteiger partial charge in [-0.3, -0.25) is 4.79 Å². The predicted octanol–water partition coefficient (Wildman–Crippen LogP) is 2.57. The Labute approximate surface area is 73.8 Å². The van der Waals surface area contributed by atoms with Crippen molar-refractivity contribution in [3.05, 3.63) is 12.7 Å². The van der Waals surface area contributed by atoms with Gasteiger partial charge in [0, 0.05) is 12.3 Å². The fourth-order valence-electron chi connectivity index (χ4n) is 2.43. The van der Waals surface area contributed by atoms with E-state index in [-0.39, 0.29) is 0 Å². The highest BCUT2D eigenvalue weighted by molar-refractivity contribution is 5.81. The van der Waals surface area contributed by atoms with Gasteiger partial charge in [0.05, 0.1) is 0 Å². The predicted molar refractivity (Wildman–Crippen MR) is 48.8 cm³/mol. The van der Waals surface area contributed by atoms with Crippen LogP contribution in [-0.2, 0) is 4.79 Å². The monoisotopic (exact) mass is 164 g/mol. The summed E-state index contributed by atoms with van der Waals surface area (Å²) in [6.07, 6.45) is 7.23. The van der Waals surface area contributed by atoms with Gasteiger partial charge in [0.25, 0.3) is 0 Å². The third-order valence-electron chi connectivity index (χ3n) is 3.29. The smallest absolute Gasteiger partial charge is 0.136 e.